The van der Waals surface area contributed by atoms with Crippen molar-refractivity contribution in [3.63, 3.8) is 0 Å². The van der Waals surface area contributed by atoms with E-state index >= 15 is 0 Å². The molecule has 0 bridgehead atoms. The first-order chi connectivity index (χ1) is 4.20. The van der Waals surface area contributed by atoms with Gasteiger partial charge in [-0.15, -0.1) is 0 Å². The van der Waals surface area contributed by atoms with Gasteiger partial charge in [0.1, 0.15) is 0 Å². The van der Waals surface area contributed by atoms with Crippen molar-refractivity contribution in [1.82, 2.24) is 0 Å². The molecule has 0 N–H and O–H groups in total. The van der Waals surface area contributed by atoms with Crippen molar-refractivity contribution in [3.05, 3.63) is 19.1 Å². The molecule has 0 aliphatic heterocycles. The Bertz CT molecular complexity index is 89.1. The van der Waals surface area contributed by atoms with E-state index in [2.05, 4.69) is 6.92 Å². The van der Waals surface area contributed by atoms with Gasteiger partial charge in [-0.2, -0.15) is 8.78 Å². The molecule has 0 saturated carbocycles. The summed E-state index contributed by atoms with van der Waals surface area (Å²) in [6, 6.07) is 0. The van der Waals surface area contributed by atoms with Gasteiger partial charge >= 0.3 is 0 Å². The molecule has 1 unspecified atom stereocenters. The van der Waals surface area contributed by atoms with E-state index in [0.717, 1.165) is 12.5 Å². The highest BCUT2D eigenvalue weighted by atomic mass is 19.3. The third-order valence-corrected chi connectivity index (χ3v) is 1.26. The maximum Gasteiger partial charge on any atom is 0.266 e. The van der Waals surface area contributed by atoms with Gasteiger partial charge in [-0.3, -0.25) is 0 Å². The van der Waals surface area contributed by atoms with E-state index in [0.29, 0.717) is 6.42 Å². The van der Waals surface area contributed by atoms with Crippen molar-refractivity contribution in [2.75, 3.05) is 0 Å². The Morgan fingerprint density at radius 2 is 2.22 bits per heavy atom. The summed E-state index contributed by atoms with van der Waals surface area (Å²) in [6.45, 7) is 5.40. The van der Waals surface area contributed by atoms with Crippen LogP contribution in [0.4, 0.5) is 8.78 Å². The Labute approximate surface area is 54.6 Å². The maximum absolute atomic E-state index is 11.5. The van der Waals surface area contributed by atoms with E-state index < -0.39 is 6.08 Å². The lowest BCUT2D eigenvalue weighted by Gasteiger charge is -2.02. The molecule has 9 heavy (non-hydrogen) atoms. The Hall–Kier alpha value is -0.400. The third kappa shape index (κ3) is 4.13. The lowest BCUT2D eigenvalue weighted by atomic mass is 10.0. The molecule has 53 valence electrons. The molecule has 2 heteroatoms. The number of hydrogen-bond donors (Lipinski definition) is 0. The molecule has 0 aliphatic rings. The van der Waals surface area contributed by atoms with Crippen LogP contribution in [0, 0.1) is 12.8 Å². The lowest BCUT2D eigenvalue weighted by Crippen LogP contribution is -1.90. The van der Waals surface area contributed by atoms with Crippen LogP contribution in [0.3, 0.4) is 0 Å². The van der Waals surface area contributed by atoms with Gasteiger partial charge in [-0.05, 0) is 24.8 Å². The highest BCUT2D eigenvalue weighted by Gasteiger charge is 2.00. The van der Waals surface area contributed by atoms with Crippen molar-refractivity contribution in [2.45, 2.75) is 19.8 Å². The summed E-state index contributed by atoms with van der Waals surface area (Å²) < 4.78 is 23.0. The summed E-state index contributed by atoms with van der Waals surface area (Å²) in [5.74, 6) is -0.0463. The molecule has 0 saturated heterocycles. The van der Waals surface area contributed by atoms with E-state index in [9.17, 15) is 8.78 Å². The van der Waals surface area contributed by atoms with Crippen LogP contribution in [0.5, 0.6) is 0 Å². The smallest absolute Gasteiger partial charge is 0.174 e. The molecular weight excluding hydrogens is 122 g/mol. The summed E-state index contributed by atoms with van der Waals surface area (Å²) in [4.78, 5) is 0. The summed E-state index contributed by atoms with van der Waals surface area (Å²) in [5.41, 5.74) is 0. The molecule has 1 atom stereocenters. The fraction of sp³-hybridized carbons (Fsp3) is 0.571. The van der Waals surface area contributed by atoms with Gasteiger partial charge < -0.3 is 0 Å². The second-order valence-electron chi connectivity index (χ2n) is 1.91. The monoisotopic (exact) mass is 133 g/mol. The van der Waals surface area contributed by atoms with Crippen molar-refractivity contribution in [3.8, 4) is 0 Å². The van der Waals surface area contributed by atoms with Crippen LogP contribution >= 0.6 is 0 Å². The Kier molecular flexibility index (Phi) is 4.28. The van der Waals surface area contributed by atoms with Gasteiger partial charge in [-0.25, -0.2) is 0 Å². The molecule has 0 spiro atoms. The third-order valence-electron chi connectivity index (χ3n) is 1.26. The first-order valence-corrected chi connectivity index (χ1v) is 3.02. The van der Waals surface area contributed by atoms with Crippen LogP contribution in [-0.4, -0.2) is 0 Å². The topological polar surface area (TPSA) is 0 Å². The fourth-order valence-electron chi connectivity index (χ4n) is 0.583. The van der Waals surface area contributed by atoms with Gasteiger partial charge in [0.15, 0.2) is 0 Å². The van der Waals surface area contributed by atoms with Crippen molar-refractivity contribution in [2.24, 2.45) is 5.92 Å². The molecule has 0 aromatic rings. The van der Waals surface area contributed by atoms with E-state index in [1.807, 2.05) is 6.92 Å². The van der Waals surface area contributed by atoms with Crippen molar-refractivity contribution >= 4 is 0 Å². The predicted molar refractivity (Wildman–Crippen MR) is 34.1 cm³/mol. The zero-order valence-electron chi connectivity index (χ0n) is 5.53. The standard InChI is InChI=1S/C7H11F2/c1-3-6(4-2)5-7(8)9/h5-6H,1,3-4H2,2H3. The quantitative estimate of drug-likeness (QED) is 0.555. The van der Waals surface area contributed by atoms with Crippen molar-refractivity contribution < 1.29 is 8.78 Å². The molecule has 1 radical (unpaired) electrons. The van der Waals surface area contributed by atoms with E-state index in [1.165, 1.54) is 0 Å². The minimum Gasteiger partial charge on any atom is -0.174 e. The van der Waals surface area contributed by atoms with Crippen LogP contribution in [0.15, 0.2) is 12.2 Å². The zero-order chi connectivity index (χ0) is 7.28. The fourth-order valence-corrected chi connectivity index (χ4v) is 0.583. The number of rotatable bonds is 3. The van der Waals surface area contributed by atoms with Gasteiger partial charge in [-0.1, -0.05) is 13.8 Å². The highest BCUT2D eigenvalue weighted by Crippen LogP contribution is 2.12. The lowest BCUT2D eigenvalue weighted by molar-refractivity contribution is 0.406. The number of halogens is 2. The summed E-state index contributed by atoms with van der Waals surface area (Å²) >= 11 is 0. The van der Waals surface area contributed by atoms with Gasteiger partial charge in [0.25, 0.3) is 6.08 Å². The first kappa shape index (κ1) is 8.60. The van der Waals surface area contributed by atoms with Gasteiger partial charge in [0.05, 0.1) is 0 Å². The molecule has 0 aromatic heterocycles. The van der Waals surface area contributed by atoms with Crippen LogP contribution < -0.4 is 0 Å². The van der Waals surface area contributed by atoms with Crippen LogP contribution in [-0.2, 0) is 0 Å². The Morgan fingerprint density at radius 1 is 1.67 bits per heavy atom. The van der Waals surface area contributed by atoms with Gasteiger partial charge in [0.2, 0.25) is 0 Å². The Balaban J connectivity index is 3.68. The minimum atomic E-state index is -1.59. The SMILES string of the molecule is [CH2]CC(C=C(F)F)CC. The Morgan fingerprint density at radius 3 is 2.33 bits per heavy atom. The number of allylic oxidation sites excluding steroid dienone is 1. The van der Waals surface area contributed by atoms with Gasteiger partial charge in [0, 0.05) is 0 Å². The van der Waals surface area contributed by atoms with E-state index in [1.54, 1.807) is 0 Å². The zero-order valence-corrected chi connectivity index (χ0v) is 5.53. The molecule has 0 nitrogen and oxygen atoms in total. The average molecular weight is 133 g/mol. The van der Waals surface area contributed by atoms with Crippen molar-refractivity contribution in [1.29, 1.82) is 0 Å². The largest absolute Gasteiger partial charge is 0.266 e. The second kappa shape index (κ2) is 4.48. The molecule has 0 aromatic carbocycles. The van der Waals surface area contributed by atoms with Crippen LogP contribution in [0.2, 0.25) is 0 Å². The molecular formula is C7H11F2. The van der Waals surface area contributed by atoms with Crippen LogP contribution in [0.25, 0.3) is 0 Å². The highest BCUT2D eigenvalue weighted by molar-refractivity contribution is 4.87. The molecule has 0 rings (SSSR count). The molecule has 0 heterocycles. The maximum atomic E-state index is 11.5. The first-order valence-electron chi connectivity index (χ1n) is 3.02. The molecule has 0 fully saturated rings. The summed E-state index contributed by atoms with van der Waals surface area (Å²) in [7, 11) is 0. The van der Waals surface area contributed by atoms with E-state index in [-0.39, 0.29) is 5.92 Å². The molecule has 0 aliphatic carbocycles. The van der Waals surface area contributed by atoms with Crippen LogP contribution in [0.1, 0.15) is 19.8 Å². The predicted octanol–water partition coefficient (Wildman–Crippen LogP) is 3.02. The number of hydrogen-bond acceptors (Lipinski definition) is 0. The summed E-state index contributed by atoms with van der Waals surface area (Å²) in [6.07, 6.45) is 0.660. The minimum absolute atomic E-state index is 0.0463. The normalized spacial score (nSPS) is 9.89. The average Bonchev–Trinajstić information content (AvgIpc) is 1.82. The second-order valence-corrected chi connectivity index (χ2v) is 1.91. The molecule has 0 amide bonds. The summed E-state index contributed by atoms with van der Waals surface area (Å²) in [5, 5.41) is 0. The van der Waals surface area contributed by atoms with E-state index in [4.69, 9.17) is 0 Å².